The quantitative estimate of drug-likeness (QED) is 0.719. The molecule has 1 aromatic carbocycles. The Labute approximate surface area is 138 Å². The van der Waals surface area contributed by atoms with Crippen LogP contribution in [0.3, 0.4) is 0 Å². The van der Waals surface area contributed by atoms with Gasteiger partial charge in [0.25, 0.3) is 0 Å². The van der Waals surface area contributed by atoms with Crippen LogP contribution in [0, 0.1) is 5.92 Å². The van der Waals surface area contributed by atoms with E-state index in [-0.39, 0.29) is 0 Å². The first-order valence-corrected chi connectivity index (χ1v) is 9.29. The number of anilines is 1. The van der Waals surface area contributed by atoms with E-state index < -0.39 is 0 Å². The van der Waals surface area contributed by atoms with Crippen molar-refractivity contribution in [3.63, 3.8) is 0 Å². The summed E-state index contributed by atoms with van der Waals surface area (Å²) in [6.45, 7) is 0.850. The van der Waals surface area contributed by atoms with Crippen molar-refractivity contribution in [2.24, 2.45) is 5.92 Å². The highest BCUT2D eigenvalue weighted by atomic mass is 35.5. The van der Waals surface area contributed by atoms with Crippen LogP contribution in [0.25, 0.3) is 0 Å². The molecule has 2 aliphatic rings. The Balaban J connectivity index is 1.58. The molecule has 0 saturated heterocycles. The SMILES string of the molecule is O=C(CCC1CCCCC1)N1CCc2cc(CCCl)ccc21. The molecule has 120 valence electrons. The predicted molar refractivity (Wildman–Crippen MR) is 92.7 cm³/mol. The van der Waals surface area contributed by atoms with Crippen molar-refractivity contribution in [3.8, 4) is 0 Å². The molecule has 3 rings (SSSR count). The van der Waals surface area contributed by atoms with Gasteiger partial charge >= 0.3 is 0 Å². The summed E-state index contributed by atoms with van der Waals surface area (Å²) >= 11 is 5.82. The molecule has 0 N–H and O–H groups in total. The lowest BCUT2D eigenvalue weighted by Crippen LogP contribution is -2.29. The van der Waals surface area contributed by atoms with Crippen LogP contribution in [0.5, 0.6) is 0 Å². The smallest absolute Gasteiger partial charge is 0.227 e. The number of benzene rings is 1. The first-order chi connectivity index (χ1) is 10.8. The molecule has 2 nitrogen and oxygen atoms in total. The van der Waals surface area contributed by atoms with E-state index in [1.807, 2.05) is 4.90 Å². The first-order valence-electron chi connectivity index (χ1n) is 8.76. The zero-order valence-electron chi connectivity index (χ0n) is 13.3. The lowest BCUT2D eigenvalue weighted by molar-refractivity contribution is -0.118. The summed E-state index contributed by atoms with van der Waals surface area (Å²) in [5.41, 5.74) is 3.73. The molecule has 1 amide bonds. The maximum absolute atomic E-state index is 12.6. The molecule has 3 heteroatoms. The molecular formula is C19H26ClNO. The fraction of sp³-hybridized carbons (Fsp3) is 0.632. The van der Waals surface area contributed by atoms with E-state index in [0.717, 1.165) is 37.4 Å². The third-order valence-electron chi connectivity index (χ3n) is 5.21. The summed E-state index contributed by atoms with van der Waals surface area (Å²) in [6, 6.07) is 6.46. The second-order valence-electron chi connectivity index (χ2n) is 6.74. The number of fused-ring (bicyclic) bond motifs is 1. The second-order valence-corrected chi connectivity index (χ2v) is 7.12. The van der Waals surface area contributed by atoms with Gasteiger partial charge in [-0.15, -0.1) is 11.6 Å². The number of nitrogens with zero attached hydrogens (tertiary/aromatic N) is 1. The lowest BCUT2D eigenvalue weighted by atomic mass is 9.86. The van der Waals surface area contributed by atoms with Gasteiger partial charge in [0.05, 0.1) is 0 Å². The fourth-order valence-electron chi connectivity index (χ4n) is 3.92. The number of carbonyl (C=O) groups excluding carboxylic acids is 1. The van der Waals surface area contributed by atoms with Gasteiger partial charge in [-0.2, -0.15) is 0 Å². The number of hydrogen-bond donors (Lipinski definition) is 0. The zero-order chi connectivity index (χ0) is 15.4. The maximum Gasteiger partial charge on any atom is 0.227 e. The number of carbonyl (C=O) groups is 1. The van der Waals surface area contributed by atoms with Gasteiger partial charge in [-0.1, -0.05) is 44.2 Å². The van der Waals surface area contributed by atoms with Crippen molar-refractivity contribution in [3.05, 3.63) is 29.3 Å². The molecule has 1 aromatic rings. The van der Waals surface area contributed by atoms with Crippen molar-refractivity contribution >= 4 is 23.2 Å². The number of alkyl halides is 1. The van der Waals surface area contributed by atoms with Crippen LogP contribution in [-0.2, 0) is 17.6 Å². The molecule has 0 aromatic heterocycles. The summed E-state index contributed by atoms with van der Waals surface area (Å²) in [5, 5.41) is 0. The number of halogens is 1. The summed E-state index contributed by atoms with van der Waals surface area (Å²) in [4.78, 5) is 14.6. The number of rotatable bonds is 5. The normalized spacial score (nSPS) is 18.5. The maximum atomic E-state index is 12.6. The highest BCUT2D eigenvalue weighted by Gasteiger charge is 2.25. The molecule has 0 bridgehead atoms. The Hall–Kier alpha value is -1.02. The standard InChI is InChI=1S/C19H26ClNO/c20-12-10-16-6-8-18-17(14-16)11-13-21(18)19(22)9-7-15-4-2-1-3-5-15/h6,8,14-15H,1-5,7,9-13H2. The van der Waals surface area contributed by atoms with Crippen LogP contribution in [0.1, 0.15) is 56.1 Å². The number of aryl methyl sites for hydroxylation is 1. The van der Waals surface area contributed by atoms with E-state index in [4.69, 9.17) is 11.6 Å². The largest absolute Gasteiger partial charge is 0.312 e. The third-order valence-corrected chi connectivity index (χ3v) is 5.40. The van der Waals surface area contributed by atoms with Crippen LogP contribution in [0.4, 0.5) is 5.69 Å². The van der Waals surface area contributed by atoms with Crippen LogP contribution in [0.2, 0.25) is 0 Å². The van der Waals surface area contributed by atoms with E-state index in [2.05, 4.69) is 18.2 Å². The van der Waals surface area contributed by atoms with Gasteiger partial charge in [-0.25, -0.2) is 0 Å². The highest BCUT2D eigenvalue weighted by Crippen LogP contribution is 2.31. The molecule has 22 heavy (non-hydrogen) atoms. The topological polar surface area (TPSA) is 20.3 Å². The second kappa shape index (κ2) is 7.50. The van der Waals surface area contributed by atoms with Crippen molar-refractivity contribution < 1.29 is 4.79 Å². The third kappa shape index (κ3) is 3.65. The fourth-order valence-corrected chi connectivity index (χ4v) is 4.14. The van der Waals surface area contributed by atoms with Gasteiger partial charge in [-0.05, 0) is 42.4 Å². The summed E-state index contributed by atoms with van der Waals surface area (Å²) < 4.78 is 0. The van der Waals surface area contributed by atoms with E-state index >= 15 is 0 Å². The molecule has 0 spiro atoms. The molecular weight excluding hydrogens is 294 g/mol. The summed E-state index contributed by atoms with van der Waals surface area (Å²) in [7, 11) is 0. The molecule has 1 aliphatic carbocycles. The van der Waals surface area contributed by atoms with Gasteiger partial charge in [0.15, 0.2) is 0 Å². The molecule has 0 atom stereocenters. The molecule has 0 unspecified atom stereocenters. The Bertz CT molecular complexity index is 522. The molecule has 0 radical (unpaired) electrons. The minimum absolute atomic E-state index is 0.314. The van der Waals surface area contributed by atoms with Gasteiger partial charge in [0.1, 0.15) is 0 Å². The minimum atomic E-state index is 0.314. The van der Waals surface area contributed by atoms with Crippen LogP contribution < -0.4 is 4.90 Å². The van der Waals surface area contributed by atoms with E-state index in [1.54, 1.807) is 0 Å². The van der Waals surface area contributed by atoms with Gasteiger partial charge in [0, 0.05) is 24.5 Å². The first kappa shape index (κ1) is 15.9. The van der Waals surface area contributed by atoms with Crippen molar-refractivity contribution in [2.75, 3.05) is 17.3 Å². The number of amides is 1. The van der Waals surface area contributed by atoms with Crippen molar-refractivity contribution in [2.45, 2.75) is 57.8 Å². The van der Waals surface area contributed by atoms with Crippen molar-refractivity contribution in [1.82, 2.24) is 0 Å². The zero-order valence-corrected chi connectivity index (χ0v) is 14.1. The Morgan fingerprint density at radius 1 is 1.23 bits per heavy atom. The Morgan fingerprint density at radius 2 is 2.05 bits per heavy atom. The average Bonchev–Trinajstić information content (AvgIpc) is 2.97. The molecule has 1 fully saturated rings. The lowest BCUT2D eigenvalue weighted by Gasteiger charge is -2.23. The van der Waals surface area contributed by atoms with Gasteiger partial charge in [-0.3, -0.25) is 4.79 Å². The monoisotopic (exact) mass is 319 g/mol. The highest BCUT2D eigenvalue weighted by molar-refractivity contribution is 6.18. The minimum Gasteiger partial charge on any atom is -0.312 e. The molecule has 1 saturated carbocycles. The van der Waals surface area contributed by atoms with Crippen LogP contribution in [0.15, 0.2) is 18.2 Å². The van der Waals surface area contributed by atoms with Crippen LogP contribution in [-0.4, -0.2) is 18.3 Å². The average molecular weight is 320 g/mol. The van der Waals surface area contributed by atoms with Crippen LogP contribution >= 0.6 is 11.6 Å². The predicted octanol–water partition coefficient (Wildman–Crippen LogP) is 4.72. The van der Waals surface area contributed by atoms with E-state index in [0.29, 0.717) is 18.2 Å². The summed E-state index contributed by atoms with van der Waals surface area (Å²) in [6.07, 6.45) is 10.4. The molecule has 1 aliphatic heterocycles. The Morgan fingerprint density at radius 3 is 2.82 bits per heavy atom. The van der Waals surface area contributed by atoms with Crippen molar-refractivity contribution in [1.29, 1.82) is 0 Å². The number of hydrogen-bond acceptors (Lipinski definition) is 1. The Kier molecular flexibility index (Phi) is 5.41. The van der Waals surface area contributed by atoms with E-state index in [9.17, 15) is 4.79 Å². The van der Waals surface area contributed by atoms with Gasteiger partial charge < -0.3 is 4.90 Å². The van der Waals surface area contributed by atoms with E-state index in [1.165, 1.54) is 43.2 Å². The van der Waals surface area contributed by atoms with Gasteiger partial charge in [0.2, 0.25) is 5.91 Å². The summed E-state index contributed by atoms with van der Waals surface area (Å²) in [5.74, 6) is 1.75. The molecule has 1 heterocycles.